The van der Waals surface area contributed by atoms with E-state index in [1.165, 1.54) is 27.0 Å². The number of aliphatic carboxylic acids is 1. The number of fused-ring (bicyclic) bond motifs is 1. The lowest BCUT2D eigenvalue weighted by Gasteiger charge is -2.13. The van der Waals surface area contributed by atoms with Crippen molar-refractivity contribution in [2.45, 2.75) is 32.8 Å². The highest BCUT2D eigenvalue weighted by Crippen LogP contribution is 2.38. The minimum absolute atomic E-state index is 0.0474. The van der Waals surface area contributed by atoms with E-state index in [1.807, 2.05) is 43.3 Å². The molecule has 0 bridgehead atoms. The van der Waals surface area contributed by atoms with Gasteiger partial charge in [0, 0.05) is 34.4 Å². The van der Waals surface area contributed by atoms with Gasteiger partial charge in [-0.2, -0.15) is 0 Å². The summed E-state index contributed by atoms with van der Waals surface area (Å²) >= 11 is 3.25. The first-order chi connectivity index (χ1) is 18.5. The Morgan fingerprint density at radius 1 is 1.00 bits per heavy atom. The second-order valence-corrected chi connectivity index (χ2v) is 10.9. The third-order valence-electron chi connectivity index (χ3n) is 6.30. The van der Waals surface area contributed by atoms with Gasteiger partial charge in [-0.25, -0.2) is 0 Å². The zero-order chi connectivity index (χ0) is 26.9. The fraction of sp³-hybridized carbons (Fsp3) is 0.290. The summed E-state index contributed by atoms with van der Waals surface area (Å²) in [4.78, 5) is 11.3. The molecule has 0 saturated carbocycles. The molecule has 0 aliphatic heterocycles. The van der Waals surface area contributed by atoms with E-state index in [9.17, 15) is 9.90 Å². The van der Waals surface area contributed by atoms with Crippen molar-refractivity contribution in [1.29, 1.82) is 0 Å². The molecule has 0 unspecified atom stereocenters. The number of carboxylic acids is 1. The maximum absolute atomic E-state index is 11.3. The topological polar surface area (TPSA) is 65.0 Å². The molecular formula is C31H32O5S2. The van der Waals surface area contributed by atoms with Crippen LogP contribution in [0.15, 0.2) is 66.0 Å². The lowest BCUT2D eigenvalue weighted by Crippen LogP contribution is -2.08. The van der Waals surface area contributed by atoms with Gasteiger partial charge < -0.3 is 19.3 Å². The van der Waals surface area contributed by atoms with E-state index in [0.29, 0.717) is 25.6 Å². The van der Waals surface area contributed by atoms with Crippen LogP contribution in [-0.2, 0) is 16.1 Å². The predicted octanol–water partition coefficient (Wildman–Crippen LogP) is 7.75. The number of carboxylic acid groups (broad SMARTS) is 1. The maximum atomic E-state index is 11.3. The number of benzene rings is 3. The lowest BCUT2D eigenvalue weighted by atomic mass is 9.97. The number of rotatable bonds is 12. The molecule has 1 atom stereocenters. The van der Waals surface area contributed by atoms with Gasteiger partial charge in [0.15, 0.2) is 0 Å². The van der Waals surface area contributed by atoms with Crippen molar-refractivity contribution in [3.05, 3.63) is 82.7 Å². The first-order valence-electron chi connectivity index (χ1n) is 12.4. The van der Waals surface area contributed by atoms with E-state index in [1.54, 1.807) is 18.4 Å². The third-order valence-corrected chi connectivity index (χ3v) is 8.12. The fourth-order valence-corrected chi connectivity index (χ4v) is 5.92. The molecule has 1 aromatic heterocycles. The predicted molar refractivity (Wildman–Crippen MR) is 157 cm³/mol. The van der Waals surface area contributed by atoms with Crippen molar-refractivity contribution >= 4 is 38.6 Å². The Morgan fingerprint density at radius 2 is 1.76 bits per heavy atom. The lowest BCUT2D eigenvalue weighted by molar-refractivity contribution is -0.137. The van der Waals surface area contributed by atoms with E-state index in [2.05, 4.69) is 41.8 Å². The standard InChI is InChI=1S/C31H32O5S2/c1-4-37-19-24(16-31(32)33)23-7-5-22(6-8-23)18-36-26-10-12-30-28(17-26)29(20-38-30)27-11-9-25(15-21(27)2)35-14-13-34-3/h5-12,15,17,20,24H,13-14,16,18-19H2,1-3H3,(H,32,33)/t24-/m1/s1. The normalized spacial score (nSPS) is 11.7. The highest BCUT2D eigenvalue weighted by atomic mass is 32.1. The Morgan fingerprint density at radius 3 is 2.47 bits per heavy atom. The van der Waals surface area contributed by atoms with E-state index >= 15 is 0 Å². The number of carbonyl (C=O) groups is 1. The van der Waals surface area contributed by atoms with Crippen molar-refractivity contribution < 1.29 is 24.1 Å². The molecule has 0 amide bonds. The summed E-state index contributed by atoms with van der Waals surface area (Å²) in [6.45, 7) is 5.47. The summed E-state index contributed by atoms with van der Waals surface area (Å²) in [5.74, 6) is 1.52. The van der Waals surface area contributed by atoms with Gasteiger partial charge in [0.05, 0.1) is 13.0 Å². The average Bonchev–Trinajstić information content (AvgIpc) is 3.33. The van der Waals surface area contributed by atoms with Crippen LogP contribution in [0.25, 0.3) is 21.2 Å². The highest BCUT2D eigenvalue weighted by molar-refractivity contribution is 7.88. The van der Waals surface area contributed by atoms with E-state index in [-0.39, 0.29) is 12.3 Å². The van der Waals surface area contributed by atoms with Crippen LogP contribution < -0.4 is 9.47 Å². The summed E-state index contributed by atoms with van der Waals surface area (Å²) < 4.78 is 18.2. The van der Waals surface area contributed by atoms with Crippen LogP contribution in [0.5, 0.6) is 11.5 Å². The zero-order valence-electron chi connectivity index (χ0n) is 21.9. The quantitative estimate of drug-likeness (QED) is 0.183. The molecule has 3 aromatic carbocycles. The van der Waals surface area contributed by atoms with Crippen molar-refractivity contribution in [3.63, 3.8) is 0 Å². The second-order valence-electron chi connectivity index (χ2n) is 8.97. The monoisotopic (exact) mass is 548 g/mol. The van der Waals surface area contributed by atoms with Crippen molar-refractivity contribution in [2.24, 2.45) is 0 Å². The molecule has 7 heteroatoms. The number of thiophene rings is 1. The summed E-state index contributed by atoms with van der Waals surface area (Å²) in [5.41, 5.74) is 5.57. The van der Waals surface area contributed by atoms with E-state index in [0.717, 1.165) is 33.6 Å². The molecule has 198 valence electrons. The molecule has 38 heavy (non-hydrogen) atoms. The SMILES string of the molecule is CC#SC[C@@H](CC(=O)O)c1ccc(COc2ccc3scc(-c4ccc(OCCOC)cc4C)c3c2)cc1. The Balaban J connectivity index is 1.47. The Kier molecular flexibility index (Phi) is 9.79. The summed E-state index contributed by atoms with van der Waals surface area (Å²) in [6, 6.07) is 20.5. The number of ether oxygens (including phenoxy) is 3. The largest absolute Gasteiger partial charge is 0.491 e. The number of hydrogen-bond donors (Lipinski definition) is 1. The van der Waals surface area contributed by atoms with Crippen LogP contribution in [0.2, 0.25) is 0 Å². The van der Waals surface area contributed by atoms with Crippen LogP contribution in [0.4, 0.5) is 0 Å². The molecule has 0 aliphatic rings. The van der Waals surface area contributed by atoms with Crippen LogP contribution in [-0.4, -0.2) is 37.2 Å². The van der Waals surface area contributed by atoms with Gasteiger partial charge in [-0.1, -0.05) is 35.5 Å². The number of hydrogen-bond acceptors (Lipinski definition) is 5. The van der Waals surface area contributed by atoms with Gasteiger partial charge in [0.2, 0.25) is 0 Å². The minimum Gasteiger partial charge on any atom is -0.491 e. The van der Waals surface area contributed by atoms with Crippen LogP contribution in [0.3, 0.4) is 0 Å². The molecule has 0 spiro atoms. The third kappa shape index (κ3) is 7.15. The molecule has 4 aromatic rings. The Hall–Kier alpha value is -3.35. The first kappa shape index (κ1) is 27.7. The number of aryl methyl sites for hydroxylation is 1. The molecular weight excluding hydrogens is 516 g/mol. The molecule has 0 aliphatic carbocycles. The van der Waals surface area contributed by atoms with Crippen LogP contribution in [0.1, 0.15) is 36.0 Å². The fourth-order valence-electron chi connectivity index (χ4n) is 4.30. The molecule has 1 N–H and O–H groups in total. The molecule has 5 nitrogen and oxygen atoms in total. The highest BCUT2D eigenvalue weighted by Gasteiger charge is 2.15. The minimum atomic E-state index is -0.788. The second kappa shape index (κ2) is 13.4. The van der Waals surface area contributed by atoms with Crippen LogP contribution in [0, 0.1) is 12.1 Å². The van der Waals surface area contributed by atoms with Crippen molar-refractivity contribution in [3.8, 4) is 27.8 Å². The summed E-state index contributed by atoms with van der Waals surface area (Å²) in [6.07, 6.45) is 0.108. The maximum Gasteiger partial charge on any atom is 0.304 e. The zero-order valence-corrected chi connectivity index (χ0v) is 23.5. The van der Waals surface area contributed by atoms with Gasteiger partial charge >= 0.3 is 5.97 Å². The van der Waals surface area contributed by atoms with E-state index < -0.39 is 5.97 Å². The summed E-state index contributed by atoms with van der Waals surface area (Å²) in [5, 5.41) is 15.7. The Bertz CT molecular complexity index is 1450. The van der Waals surface area contributed by atoms with Gasteiger partial charge in [0.1, 0.15) is 24.7 Å². The molecule has 1 heterocycles. The summed E-state index contributed by atoms with van der Waals surface area (Å²) in [7, 11) is 1.67. The molecule has 4 rings (SSSR count). The molecule has 0 saturated heterocycles. The van der Waals surface area contributed by atoms with Crippen molar-refractivity contribution in [1.82, 2.24) is 0 Å². The molecule has 0 radical (unpaired) electrons. The van der Waals surface area contributed by atoms with Gasteiger partial charge in [-0.3, -0.25) is 4.79 Å². The van der Waals surface area contributed by atoms with E-state index in [4.69, 9.17) is 14.2 Å². The Labute approximate surface area is 231 Å². The van der Waals surface area contributed by atoms with Crippen molar-refractivity contribution in [2.75, 3.05) is 26.1 Å². The molecule has 0 fully saturated rings. The van der Waals surface area contributed by atoms with Gasteiger partial charge in [-0.05, 0) is 71.8 Å². The van der Waals surface area contributed by atoms with Gasteiger partial charge in [0.25, 0.3) is 0 Å². The number of methoxy groups -OCH3 is 1. The average molecular weight is 549 g/mol. The first-order valence-corrected chi connectivity index (χ1v) is 14.3. The van der Waals surface area contributed by atoms with Crippen LogP contribution >= 0.6 is 22.5 Å². The smallest absolute Gasteiger partial charge is 0.304 e. The van der Waals surface area contributed by atoms with Gasteiger partial charge in [-0.15, -0.1) is 22.5 Å².